The van der Waals surface area contributed by atoms with Crippen LogP contribution in [0.2, 0.25) is 0 Å². The number of carbonyl (C=O) groups is 1. The van der Waals surface area contributed by atoms with Crippen molar-refractivity contribution < 1.29 is 14.6 Å². The third-order valence-electron chi connectivity index (χ3n) is 6.41. The zero-order chi connectivity index (χ0) is 18.6. The number of carbonyl (C=O) groups excluding carboxylic acids is 1. The first-order valence-electron chi connectivity index (χ1n) is 9.43. The number of ether oxygens (including phenoxy) is 1. The first-order valence-corrected chi connectivity index (χ1v) is 9.43. The van der Waals surface area contributed by atoms with E-state index in [-0.39, 0.29) is 36.1 Å². The molecule has 0 aromatic carbocycles. The molecule has 4 atom stereocenters. The summed E-state index contributed by atoms with van der Waals surface area (Å²) in [6.45, 7) is 3.18. The van der Waals surface area contributed by atoms with E-state index in [9.17, 15) is 9.90 Å². The standard InChI is InChI=1S/C20H22N4O3/c1-12-14(8-22-18(23-12)13-3-2-6-21-7-13)19(26)24-9-16-15(10-25)17-4-5-20(16,11-24)27-17/h2-3,6-8,15-17,25H,4-5,9-11H2,1H3/t15-,16+,17+,20+/m1/s1. The monoisotopic (exact) mass is 366 g/mol. The normalized spacial score (nSPS) is 31.3. The van der Waals surface area contributed by atoms with Gasteiger partial charge in [-0.1, -0.05) is 0 Å². The second-order valence-corrected chi connectivity index (χ2v) is 7.83. The van der Waals surface area contributed by atoms with Gasteiger partial charge in [-0.05, 0) is 31.9 Å². The molecule has 0 radical (unpaired) electrons. The van der Waals surface area contributed by atoms with Crippen LogP contribution < -0.4 is 0 Å². The van der Waals surface area contributed by atoms with Gasteiger partial charge in [0.15, 0.2) is 5.82 Å². The Balaban J connectivity index is 1.39. The van der Waals surface area contributed by atoms with Crippen LogP contribution in [0.5, 0.6) is 0 Å². The van der Waals surface area contributed by atoms with E-state index < -0.39 is 0 Å². The molecule has 2 aromatic heterocycles. The van der Waals surface area contributed by atoms with E-state index >= 15 is 0 Å². The predicted octanol–water partition coefficient (Wildman–Crippen LogP) is 1.46. The summed E-state index contributed by atoms with van der Waals surface area (Å²) in [5, 5.41) is 9.75. The molecule has 1 amide bonds. The summed E-state index contributed by atoms with van der Waals surface area (Å²) in [5.41, 5.74) is 1.74. The van der Waals surface area contributed by atoms with Crippen LogP contribution in [-0.4, -0.2) is 62.3 Å². The highest BCUT2D eigenvalue weighted by atomic mass is 16.5. The van der Waals surface area contributed by atoms with Crippen molar-refractivity contribution in [3.05, 3.63) is 42.0 Å². The van der Waals surface area contributed by atoms with Crippen molar-refractivity contribution in [1.82, 2.24) is 19.9 Å². The van der Waals surface area contributed by atoms with Crippen LogP contribution in [0.4, 0.5) is 0 Å². The summed E-state index contributed by atoms with van der Waals surface area (Å²) in [5.74, 6) is 0.872. The Bertz CT molecular complexity index is 890. The third-order valence-corrected chi connectivity index (χ3v) is 6.41. The second kappa shape index (κ2) is 6.07. The molecule has 0 saturated carbocycles. The molecule has 3 fully saturated rings. The number of fused-ring (bicyclic) bond motifs is 1. The van der Waals surface area contributed by atoms with Crippen LogP contribution in [-0.2, 0) is 4.74 Å². The van der Waals surface area contributed by atoms with E-state index in [0.29, 0.717) is 30.2 Å². The maximum Gasteiger partial charge on any atom is 0.257 e. The first-order chi connectivity index (χ1) is 13.1. The summed E-state index contributed by atoms with van der Waals surface area (Å²) >= 11 is 0. The Morgan fingerprint density at radius 3 is 3.07 bits per heavy atom. The summed E-state index contributed by atoms with van der Waals surface area (Å²) in [4.78, 5) is 28.0. The van der Waals surface area contributed by atoms with Crippen molar-refractivity contribution in [3.63, 3.8) is 0 Å². The van der Waals surface area contributed by atoms with E-state index in [1.807, 2.05) is 24.0 Å². The molecular formula is C20H22N4O3. The van der Waals surface area contributed by atoms with E-state index in [0.717, 1.165) is 18.4 Å². The van der Waals surface area contributed by atoms with Gasteiger partial charge >= 0.3 is 0 Å². The number of rotatable bonds is 3. The molecule has 3 aliphatic heterocycles. The molecule has 2 bridgehead atoms. The fourth-order valence-corrected chi connectivity index (χ4v) is 5.07. The number of pyridine rings is 1. The van der Waals surface area contributed by atoms with Gasteiger partial charge in [-0.15, -0.1) is 0 Å². The number of aliphatic hydroxyl groups excluding tert-OH is 1. The Morgan fingerprint density at radius 1 is 1.44 bits per heavy atom. The molecular weight excluding hydrogens is 344 g/mol. The van der Waals surface area contributed by atoms with Gasteiger partial charge in [-0.3, -0.25) is 9.78 Å². The fourth-order valence-electron chi connectivity index (χ4n) is 5.07. The van der Waals surface area contributed by atoms with Gasteiger partial charge in [0.05, 0.1) is 29.5 Å². The van der Waals surface area contributed by atoms with Crippen molar-refractivity contribution in [2.75, 3.05) is 19.7 Å². The number of aryl methyl sites for hydroxylation is 1. The summed E-state index contributed by atoms with van der Waals surface area (Å²) in [7, 11) is 0. The number of aliphatic hydroxyl groups is 1. The van der Waals surface area contributed by atoms with Crippen LogP contribution in [0.3, 0.4) is 0 Å². The highest BCUT2D eigenvalue weighted by molar-refractivity contribution is 5.95. The second-order valence-electron chi connectivity index (χ2n) is 7.83. The predicted molar refractivity (Wildman–Crippen MR) is 96.8 cm³/mol. The van der Waals surface area contributed by atoms with Crippen molar-refractivity contribution in [2.24, 2.45) is 11.8 Å². The topological polar surface area (TPSA) is 88.4 Å². The maximum atomic E-state index is 13.1. The minimum atomic E-state index is -0.266. The first kappa shape index (κ1) is 16.8. The molecule has 1 spiro atoms. The van der Waals surface area contributed by atoms with E-state index in [4.69, 9.17) is 4.74 Å². The van der Waals surface area contributed by atoms with Gasteiger partial charge in [-0.25, -0.2) is 9.97 Å². The molecule has 2 aromatic rings. The van der Waals surface area contributed by atoms with Gasteiger partial charge in [-0.2, -0.15) is 0 Å². The van der Waals surface area contributed by atoms with Gasteiger partial charge < -0.3 is 14.7 Å². The molecule has 0 aliphatic carbocycles. The highest BCUT2D eigenvalue weighted by Gasteiger charge is 2.63. The van der Waals surface area contributed by atoms with Crippen molar-refractivity contribution in [2.45, 2.75) is 31.5 Å². The largest absolute Gasteiger partial charge is 0.396 e. The number of nitrogens with zero attached hydrogens (tertiary/aromatic N) is 4. The van der Waals surface area contributed by atoms with Crippen LogP contribution in [0.25, 0.3) is 11.4 Å². The van der Waals surface area contributed by atoms with Crippen molar-refractivity contribution in [1.29, 1.82) is 0 Å². The fraction of sp³-hybridized carbons (Fsp3) is 0.500. The molecule has 3 saturated heterocycles. The third kappa shape index (κ3) is 2.49. The Labute approximate surface area is 157 Å². The minimum absolute atomic E-state index is 0.0576. The lowest BCUT2D eigenvalue weighted by atomic mass is 9.74. The number of aromatic nitrogens is 3. The molecule has 3 aliphatic rings. The SMILES string of the molecule is Cc1nc(-c2cccnc2)ncc1C(=O)N1C[C@H]2[C@@H](CO)[C@@H]3CC[C@@]2(C1)O3. The van der Waals surface area contributed by atoms with E-state index in [2.05, 4.69) is 15.0 Å². The lowest BCUT2D eigenvalue weighted by molar-refractivity contribution is 0.00152. The Morgan fingerprint density at radius 2 is 2.33 bits per heavy atom. The zero-order valence-electron chi connectivity index (χ0n) is 15.2. The molecule has 7 heteroatoms. The number of likely N-dealkylation sites (tertiary alicyclic amines) is 1. The van der Waals surface area contributed by atoms with Crippen LogP contribution in [0, 0.1) is 18.8 Å². The average molecular weight is 366 g/mol. The molecule has 7 nitrogen and oxygen atoms in total. The molecule has 1 N–H and O–H groups in total. The highest BCUT2D eigenvalue weighted by Crippen LogP contribution is 2.54. The lowest BCUT2D eigenvalue weighted by Gasteiger charge is -2.27. The van der Waals surface area contributed by atoms with Crippen LogP contribution >= 0.6 is 0 Å². The maximum absolute atomic E-state index is 13.1. The Kier molecular flexibility index (Phi) is 3.77. The molecule has 0 unspecified atom stereocenters. The number of amides is 1. The molecule has 5 rings (SSSR count). The Hall–Kier alpha value is -2.38. The zero-order valence-corrected chi connectivity index (χ0v) is 15.2. The molecule has 140 valence electrons. The number of hydrogen-bond donors (Lipinski definition) is 1. The van der Waals surface area contributed by atoms with Gasteiger partial charge in [0.2, 0.25) is 0 Å². The van der Waals surface area contributed by atoms with Crippen molar-refractivity contribution >= 4 is 5.91 Å². The van der Waals surface area contributed by atoms with Crippen molar-refractivity contribution in [3.8, 4) is 11.4 Å². The molecule has 5 heterocycles. The summed E-state index contributed by atoms with van der Waals surface area (Å²) in [6, 6.07) is 3.73. The molecule has 27 heavy (non-hydrogen) atoms. The van der Waals surface area contributed by atoms with Gasteiger partial charge in [0.1, 0.15) is 0 Å². The van der Waals surface area contributed by atoms with Crippen LogP contribution in [0.1, 0.15) is 28.9 Å². The smallest absolute Gasteiger partial charge is 0.257 e. The number of hydrogen-bond acceptors (Lipinski definition) is 6. The average Bonchev–Trinajstić information content (AvgIpc) is 3.36. The van der Waals surface area contributed by atoms with Crippen LogP contribution in [0.15, 0.2) is 30.7 Å². The van der Waals surface area contributed by atoms with Gasteiger partial charge in [0.25, 0.3) is 5.91 Å². The summed E-state index contributed by atoms with van der Waals surface area (Å²) in [6.07, 6.45) is 7.12. The summed E-state index contributed by atoms with van der Waals surface area (Å²) < 4.78 is 6.22. The van der Waals surface area contributed by atoms with Gasteiger partial charge in [0, 0.05) is 49.1 Å². The quantitative estimate of drug-likeness (QED) is 0.885. The lowest BCUT2D eigenvalue weighted by Crippen LogP contribution is -2.38. The van der Waals surface area contributed by atoms with E-state index in [1.165, 1.54) is 0 Å². The minimum Gasteiger partial charge on any atom is -0.396 e. The van der Waals surface area contributed by atoms with E-state index in [1.54, 1.807) is 18.6 Å².